The van der Waals surface area contributed by atoms with Gasteiger partial charge in [0.15, 0.2) is 0 Å². The van der Waals surface area contributed by atoms with Gasteiger partial charge in [-0.3, -0.25) is 0 Å². The van der Waals surface area contributed by atoms with Crippen LogP contribution >= 0.6 is 15.8 Å². The van der Waals surface area contributed by atoms with Gasteiger partial charge >= 0.3 is 59.1 Å². The molecule has 4 atom stereocenters. The van der Waals surface area contributed by atoms with Gasteiger partial charge in [-0.1, -0.05) is 98.8 Å². The molecule has 0 spiro atoms. The summed E-state index contributed by atoms with van der Waals surface area (Å²) in [6.07, 6.45) is 0. The molecule has 0 bridgehead atoms. The summed E-state index contributed by atoms with van der Waals surface area (Å²) >= 11 is 0. The van der Waals surface area contributed by atoms with Gasteiger partial charge in [0.1, 0.15) is 20.2 Å². The normalized spacial score (nSPS) is 14.6. The Balaban J connectivity index is 0.00000280. The topological polar surface area (TPSA) is 114 Å². The van der Waals surface area contributed by atoms with Crippen LogP contribution in [0.3, 0.4) is 0 Å². The molecule has 0 heterocycles. The summed E-state index contributed by atoms with van der Waals surface area (Å²) in [4.78, 5) is -0.533. The Hall–Kier alpha value is -0.440. The van der Waals surface area contributed by atoms with Crippen LogP contribution in [-0.4, -0.2) is 37.3 Å². The SMILES string of the molecule is CC(C(C)P(c1ccccc1)c1cccc(S(=O)(=O)[O-])c1)P(c1ccccc1)c1cccc(S(=O)(=O)[O-])c1.[Na+].[Na+]. The van der Waals surface area contributed by atoms with Crippen molar-refractivity contribution in [2.24, 2.45) is 0 Å². The van der Waals surface area contributed by atoms with Crippen LogP contribution in [0.4, 0.5) is 0 Å². The average molecular weight is 631 g/mol. The maximum atomic E-state index is 11.8. The van der Waals surface area contributed by atoms with Gasteiger partial charge in [0, 0.05) is 0 Å². The van der Waals surface area contributed by atoms with E-state index in [1.807, 2.05) is 72.8 Å². The molecule has 0 aliphatic rings. The zero-order chi connectivity index (χ0) is 27.5. The maximum Gasteiger partial charge on any atom is 1.00 e. The Bertz CT molecular complexity index is 1500. The van der Waals surface area contributed by atoms with Gasteiger partial charge in [-0.25, -0.2) is 16.8 Å². The second kappa shape index (κ2) is 15.3. The van der Waals surface area contributed by atoms with Crippen molar-refractivity contribution in [1.82, 2.24) is 0 Å². The molecule has 0 N–H and O–H groups in total. The number of hydrogen-bond donors (Lipinski definition) is 0. The van der Waals surface area contributed by atoms with E-state index in [1.54, 1.807) is 12.1 Å². The van der Waals surface area contributed by atoms with Crippen molar-refractivity contribution in [3.63, 3.8) is 0 Å². The first kappa shape index (κ1) is 35.8. The van der Waals surface area contributed by atoms with E-state index in [4.69, 9.17) is 0 Å². The summed E-state index contributed by atoms with van der Waals surface area (Å²) in [6, 6.07) is 32.0. The molecule has 4 rings (SSSR count). The molecular weight excluding hydrogens is 604 g/mol. The fourth-order valence-corrected chi connectivity index (χ4v) is 11.8. The van der Waals surface area contributed by atoms with Gasteiger partial charge in [0.05, 0.1) is 9.79 Å². The van der Waals surface area contributed by atoms with Crippen molar-refractivity contribution >= 4 is 57.3 Å². The van der Waals surface area contributed by atoms with Gasteiger partial charge in [0.25, 0.3) is 0 Å². The molecule has 0 aromatic heterocycles. The largest absolute Gasteiger partial charge is 1.00 e. The Morgan fingerprint density at radius 1 is 0.500 bits per heavy atom. The van der Waals surface area contributed by atoms with Gasteiger partial charge in [-0.05, 0) is 72.6 Å². The Morgan fingerprint density at radius 3 is 1.10 bits per heavy atom. The summed E-state index contributed by atoms with van der Waals surface area (Å²) in [6.45, 7) is 4.21. The van der Waals surface area contributed by atoms with E-state index in [9.17, 15) is 25.9 Å². The second-order valence-corrected chi connectivity index (χ2v) is 16.7. The number of benzene rings is 4. The summed E-state index contributed by atoms with van der Waals surface area (Å²) < 4.78 is 70.9. The van der Waals surface area contributed by atoms with Crippen LogP contribution in [0.5, 0.6) is 0 Å². The van der Waals surface area contributed by atoms with E-state index in [-0.39, 0.29) is 80.2 Å². The molecule has 198 valence electrons. The predicted molar refractivity (Wildman–Crippen MR) is 153 cm³/mol. The summed E-state index contributed by atoms with van der Waals surface area (Å²) in [5, 5.41) is 3.59. The van der Waals surface area contributed by atoms with Crippen molar-refractivity contribution in [3.05, 3.63) is 109 Å². The Labute approximate surface area is 283 Å². The van der Waals surface area contributed by atoms with Gasteiger partial charge in [-0.15, -0.1) is 0 Å². The van der Waals surface area contributed by atoms with Crippen LogP contribution in [0, 0.1) is 0 Å². The van der Waals surface area contributed by atoms with Crippen LogP contribution in [0.1, 0.15) is 13.8 Å². The van der Waals surface area contributed by atoms with Crippen molar-refractivity contribution in [2.75, 3.05) is 0 Å². The molecule has 4 aromatic carbocycles. The molecular formula is C28H26Na2O6P2S2. The summed E-state index contributed by atoms with van der Waals surface area (Å²) in [5.74, 6) is 0. The molecule has 4 unspecified atom stereocenters. The number of hydrogen-bond acceptors (Lipinski definition) is 6. The van der Waals surface area contributed by atoms with Crippen LogP contribution < -0.4 is 80.3 Å². The minimum atomic E-state index is -4.63. The third kappa shape index (κ3) is 8.79. The van der Waals surface area contributed by atoms with E-state index in [1.165, 1.54) is 24.3 Å². The molecule has 0 aliphatic heterocycles. The molecule has 0 aliphatic carbocycles. The summed E-state index contributed by atoms with van der Waals surface area (Å²) in [7, 11) is -11.5. The molecule has 12 heteroatoms. The minimum absolute atomic E-state index is 0. The molecule has 0 saturated carbocycles. The minimum Gasteiger partial charge on any atom is -0.744 e. The van der Waals surface area contributed by atoms with Crippen LogP contribution in [0.15, 0.2) is 119 Å². The average Bonchev–Trinajstić information content (AvgIpc) is 2.89. The molecule has 0 saturated heterocycles. The van der Waals surface area contributed by atoms with Gasteiger partial charge in [-0.2, -0.15) is 0 Å². The van der Waals surface area contributed by atoms with E-state index in [0.29, 0.717) is 0 Å². The first-order chi connectivity index (χ1) is 18.0. The monoisotopic (exact) mass is 630 g/mol. The van der Waals surface area contributed by atoms with E-state index < -0.39 is 36.1 Å². The Kier molecular flexibility index (Phi) is 13.7. The van der Waals surface area contributed by atoms with Crippen LogP contribution in [0.25, 0.3) is 0 Å². The predicted octanol–water partition coefficient (Wildman–Crippen LogP) is -2.15. The molecule has 0 radical (unpaired) electrons. The standard InChI is InChI=1S/C28H28O6P2S2.2Na/c1-21(35(23-11-5-3-6-12-23)25-15-9-17-27(19-25)37(29,30)31)22(2)36(24-13-7-4-8-14-24)26-16-10-18-28(20-26)38(32,33)34;;/h3-22H,1-2H3,(H,29,30,31)(H,32,33,34);;/q;2*+1/p-2. The fourth-order valence-electron chi connectivity index (χ4n) is 4.43. The quantitative estimate of drug-likeness (QED) is 0.118. The molecule has 4 aromatic rings. The second-order valence-electron chi connectivity index (χ2n) is 8.80. The molecule has 0 amide bonds. The third-order valence-corrected chi connectivity index (χ3v) is 14.1. The molecule has 0 fully saturated rings. The Morgan fingerprint density at radius 2 is 0.800 bits per heavy atom. The third-order valence-electron chi connectivity index (χ3n) is 6.35. The first-order valence-electron chi connectivity index (χ1n) is 11.8. The van der Waals surface area contributed by atoms with Crippen LogP contribution in [0.2, 0.25) is 0 Å². The van der Waals surface area contributed by atoms with Crippen molar-refractivity contribution < 1.29 is 85.1 Å². The van der Waals surface area contributed by atoms with Gasteiger partial charge < -0.3 is 9.11 Å². The first-order valence-corrected chi connectivity index (χ1v) is 17.4. The van der Waals surface area contributed by atoms with Crippen LogP contribution in [-0.2, 0) is 20.2 Å². The fraction of sp³-hybridized carbons (Fsp3) is 0.143. The number of rotatable bonds is 9. The summed E-state index contributed by atoms with van der Waals surface area (Å²) in [5.41, 5.74) is -0.0355. The van der Waals surface area contributed by atoms with Crippen molar-refractivity contribution in [1.29, 1.82) is 0 Å². The van der Waals surface area contributed by atoms with Crippen molar-refractivity contribution in [3.8, 4) is 0 Å². The maximum absolute atomic E-state index is 11.8. The van der Waals surface area contributed by atoms with E-state index in [2.05, 4.69) is 13.8 Å². The molecule has 6 nitrogen and oxygen atoms in total. The zero-order valence-electron chi connectivity index (χ0n) is 22.7. The smallest absolute Gasteiger partial charge is 0.744 e. The molecule has 40 heavy (non-hydrogen) atoms. The van der Waals surface area contributed by atoms with Crippen molar-refractivity contribution in [2.45, 2.75) is 35.0 Å². The van der Waals surface area contributed by atoms with Gasteiger partial charge in [0.2, 0.25) is 0 Å². The van der Waals surface area contributed by atoms with E-state index >= 15 is 0 Å². The van der Waals surface area contributed by atoms with E-state index in [0.717, 1.165) is 21.2 Å². The zero-order valence-corrected chi connectivity index (χ0v) is 30.1.